The minimum absolute atomic E-state index is 0.108. The van der Waals surface area contributed by atoms with Crippen LogP contribution in [0.4, 0.5) is 5.13 Å². The van der Waals surface area contributed by atoms with Crippen LogP contribution in [0.15, 0.2) is 23.8 Å². The average molecular weight is 265 g/mol. The molecular weight excluding hydrogens is 254 g/mol. The van der Waals surface area contributed by atoms with Gasteiger partial charge in [0.2, 0.25) is 5.91 Å². The van der Waals surface area contributed by atoms with Gasteiger partial charge in [-0.25, -0.2) is 4.98 Å². The van der Waals surface area contributed by atoms with Crippen molar-refractivity contribution >= 4 is 28.3 Å². The Balaban J connectivity index is 1.83. The van der Waals surface area contributed by atoms with Crippen molar-refractivity contribution in [3.63, 3.8) is 0 Å². The van der Waals surface area contributed by atoms with Crippen molar-refractivity contribution in [2.45, 2.75) is 0 Å². The summed E-state index contributed by atoms with van der Waals surface area (Å²) < 4.78 is 1.44. The lowest BCUT2D eigenvalue weighted by Gasteiger charge is -2.04. The predicted octanol–water partition coefficient (Wildman–Crippen LogP) is 0.245. The second-order valence-electron chi connectivity index (χ2n) is 3.41. The van der Waals surface area contributed by atoms with Crippen molar-refractivity contribution in [3.05, 3.63) is 29.5 Å². The van der Waals surface area contributed by atoms with Crippen LogP contribution >= 0.6 is 11.3 Å². The predicted molar refractivity (Wildman–Crippen MR) is 66.3 cm³/mol. The molecule has 0 aliphatic heterocycles. The first kappa shape index (κ1) is 12.2. The molecule has 94 valence electrons. The number of nitrogens with zero attached hydrogens (tertiary/aromatic N) is 3. The minimum Gasteiger partial charge on any atom is -0.342 e. The summed E-state index contributed by atoms with van der Waals surface area (Å²) in [6.07, 6.45) is 3.11. The van der Waals surface area contributed by atoms with Gasteiger partial charge in [-0.2, -0.15) is 5.10 Å². The summed E-state index contributed by atoms with van der Waals surface area (Å²) in [7, 11) is 1.66. The molecule has 0 aliphatic rings. The van der Waals surface area contributed by atoms with E-state index in [1.54, 1.807) is 24.7 Å². The Kier molecular flexibility index (Phi) is 3.68. The zero-order valence-electron chi connectivity index (χ0n) is 9.58. The van der Waals surface area contributed by atoms with Gasteiger partial charge in [0.15, 0.2) is 5.13 Å². The van der Waals surface area contributed by atoms with E-state index in [2.05, 4.69) is 20.7 Å². The molecule has 0 spiro atoms. The van der Waals surface area contributed by atoms with Crippen LogP contribution in [0.2, 0.25) is 0 Å². The molecule has 0 aromatic carbocycles. The zero-order valence-corrected chi connectivity index (χ0v) is 10.4. The highest BCUT2D eigenvalue weighted by molar-refractivity contribution is 7.13. The number of aromatic nitrogens is 3. The third kappa shape index (κ3) is 2.92. The molecule has 18 heavy (non-hydrogen) atoms. The van der Waals surface area contributed by atoms with Gasteiger partial charge in [0.1, 0.15) is 5.69 Å². The van der Waals surface area contributed by atoms with E-state index >= 15 is 0 Å². The molecular formula is C10H11N5O2S. The Hall–Kier alpha value is -2.22. The Morgan fingerprint density at radius 3 is 2.89 bits per heavy atom. The highest BCUT2D eigenvalue weighted by atomic mass is 32.1. The molecule has 2 aromatic heterocycles. The van der Waals surface area contributed by atoms with Crippen LogP contribution in [0.25, 0.3) is 0 Å². The van der Waals surface area contributed by atoms with Gasteiger partial charge in [-0.05, 0) is 6.07 Å². The molecule has 2 aromatic rings. The van der Waals surface area contributed by atoms with Crippen molar-refractivity contribution < 1.29 is 9.59 Å². The van der Waals surface area contributed by atoms with E-state index in [1.165, 1.54) is 22.2 Å². The number of amides is 2. The molecule has 8 heteroatoms. The summed E-state index contributed by atoms with van der Waals surface area (Å²) in [5.74, 6) is -0.662. The summed E-state index contributed by atoms with van der Waals surface area (Å²) in [5.41, 5.74) is 0.400. The van der Waals surface area contributed by atoms with Crippen LogP contribution in [0.1, 0.15) is 10.5 Å². The Morgan fingerprint density at radius 1 is 1.44 bits per heavy atom. The topological polar surface area (TPSA) is 88.9 Å². The van der Waals surface area contributed by atoms with Crippen LogP contribution in [-0.4, -0.2) is 33.1 Å². The van der Waals surface area contributed by atoms with Crippen LogP contribution in [0.3, 0.4) is 0 Å². The Bertz CT molecular complexity index is 548. The van der Waals surface area contributed by atoms with Crippen LogP contribution < -0.4 is 10.6 Å². The molecule has 0 unspecified atom stereocenters. The van der Waals surface area contributed by atoms with Crippen molar-refractivity contribution in [1.82, 2.24) is 20.1 Å². The van der Waals surface area contributed by atoms with Crippen molar-refractivity contribution in [2.75, 3.05) is 11.9 Å². The van der Waals surface area contributed by atoms with Crippen molar-refractivity contribution in [2.24, 2.45) is 7.05 Å². The van der Waals surface area contributed by atoms with Crippen LogP contribution in [-0.2, 0) is 11.8 Å². The molecule has 2 amide bonds. The number of hydrogen-bond acceptors (Lipinski definition) is 5. The summed E-state index contributed by atoms with van der Waals surface area (Å²) in [6, 6.07) is 1.58. The molecule has 0 saturated heterocycles. The van der Waals surface area contributed by atoms with E-state index in [9.17, 15) is 9.59 Å². The van der Waals surface area contributed by atoms with Crippen LogP contribution in [0.5, 0.6) is 0 Å². The van der Waals surface area contributed by atoms with E-state index in [-0.39, 0.29) is 18.4 Å². The molecule has 2 N–H and O–H groups in total. The second-order valence-corrected chi connectivity index (χ2v) is 4.30. The van der Waals surface area contributed by atoms with Gasteiger partial charge < -0.3 is 10.6 Å². The molecule has 0 saturated carbocycles. The Labute approximate surface area is 107 Å². The SMILES string of the molecule is Cn1nccc1C(=O)NCC(=O)Nc1nccs1. The zero-order chi connectivity index (χ0) is 13.0. The largest absolute Gasteiger partial charge is 0.342 e. The van der Waals surface area contributed by atoms with Gasteiger partial charge in [0, 0.05) is 24.8 Å². The quantitative estimate of drug-likeness (QED) is 0.829. The maximum absolute atomic E-state index is 11.7. The van der Waals surface area contributed by atoms with Gasteiger partial charge in [0.05, 0.1) is 6.54 Å². The molecule has 0 aliphatic carbocycles. The lowest BCUT2D eigenvalue weighted by Crippen LogP contribution is -2.33. The van der Waals surface area contributed by atoms with Crippen molar-refractivity contribution in [1.29, 1.82) is 0 Å². The van der Waals surface area contributed by atoms with Crippen LogP contribution in [0, 0.1) is 0 Å². The number of carbonyl (C=O) groups is 2. The van der Waals surface area contributed by atoms with Gasteiger partial charge >= 0.3 is 0 Å². The maximum atomic E-state index is 11.7. The molecule has 7 nitrogen and oxygen atoms in total. The van der Waals surface area contributed by atoms with E-state index in [0.717, 1.165) is 0 Å². The standard InChI is InChI=1S/C10H11N5O2S/c1-15-7(2-3-13-15)9(17)12-6-8(16)14-10-11-4-5-18-10/h2-5H,6H2,1H3,(H,12,17)(H,11,14,16). The molecule has 2 heterocycles. The number of nitrogens with one attached hydrogen (secondary N) is 2. The molecule has 0 atom stereocenters. The van der Waals surface area contributed by atoms with Crippen molar-refractivity contribution in [3.8, 4) is 0 Å². The van der Waals surface area contributed by atoms with Gasteiger partial charge in [-0.15, -0.1) is 11.3 Å². The van der Waals surface area contributed by atoms with Gasteiger partial charge in [-0.1, -0.05) is 0 Å². The number of carbonyl (C=O) groups excluding carboxylic acids is 2. The molecule has 0 fully saturated rings. The van der Waals surface area contributed by atoms with E-state index in [0.29, 0.717) is 10.8 Å². The normalized spacial score (nSPS) is 10.1. The van der Waals surface area contributed by atoms with Gasteiger partial charge in [-0.3, -0.25) is 14.3 Å². The maximum Gasteiger partial charge on any atom is 0.269 e. The number of hydrogen-bond donors (Lipinski definition) is 2. The highest BCUT2D eigenvalue weighted by Crippen LogP contribution is 2.09. The minimum atomic E-state index is -0.343. The first-order valence-corrected chi connectivity index (χ1v) is 6.00. The summed E-state index contributed by atoms with van der Waals surface area (Å²) >= 11 is 1.32. The fraction of sp³-hybridized carbons (Fsp3) is 0.200. The third-order valence-corrected chi connectivity index (χ3v) is 2.83. The summed E-state index contributed by atoms with van der Waals surface area (Å²) in [5, 5.41) is 11.2. The third-order valence-electron chi connectivity index (χ3n) is 2.14. The van der Waals surface area contributed by atoms with E-state index in [4.69, 9.17) is 0 Å². The highest BCUT2D eigenvalue weighted by Gasteiger charge is 2.11. The molecule has 2 rings (SSSR count). The molecule has 0 bridgehead atoms. The number of thiazole rings is 1. The second kappa shape index (κ2) is 5.41. The van der Waals surface area contributed by atoms with E-state index in [1.807, 2.05) is 0 Å². The fourth-order valence-corrected chi connectivity index (χ4v) is 1.84. The smallest absolute Gasteiger partial charge is 0.269 e. The molecule has 0 radical (unpaired) electrons. The Morgan fingerprint density at radius 2 is 2.28 bits per heavy atom. The summed E-state index contributed by atoms with van der Waals surface area (Å²) in [6.45, 7) is -0.108. The lowest BCUT2D eigenvalue weighted by molar-refractivity contribution is -0.115. The average Bonchev–Trinajstić information content (AvgIpc) is 2.97. The number of rotatable bonds is 4. The summed E-state index contributed by atoms with van der Waals surface area (Å²) in [4.78, 5) is 27.1. The number of aryl methyl sites for hydroxylation is 1. The first-order valence-electron chi connectivity index (χ1n) is 5.12. The van der Waals surface area contributed by atoms with Gasteiger partial charge in [0.25, 0.3) is 5.91 Å². The monoisotopic (exact) mass is 265 g/mol. The lowest BCUT2D eigenvalue weighted by atomic mass is 10.4. The number of anilines is 1. The first-order chi connectivity index (χ1) is 8.66. The fourth-order valence-electron chi connectivity index (χ4n) is 1.30. The van der Waals surface area contributed by atoms with E-state index < -0.39 is 0 Å².